The molecule has 0 aromatic heterocycles. The van der Waals surface area contributed by atoms with Gasteiger partial charge in [-0.05, 0) is 30.2 Å². The van der Waals surface area contributed by atoms with Crippen molar-refractivity contribution in [1.29, 1.82) is 0 Å². The number of para-hydroxylation sites is 1. The molecule has 100 valence electrons. The number of methoxy groups -OCH3 is 1. The molecule has 0 spiro atoms. The maximum atomic E-state index is 13.2. The molecule has 0 saturated heterocycles. The number of nitrogens with one attached hydrogen (secondary N) is 1. The molecule has 2 rings (SSSR count). The fourth-order valence-electron chi connectivity index (χ4n) is 2.11. The van der Waals surface area contributed by atoms with Crippen LogP contribution in [0, 0.1) is 5.82 Å². The van der Waals surface area contributed by atoms with E-state index in [1.165, 1.54) is 12.1 Å². The molecule has 4 heteroatoms. The molecule has 0 radical (unpaired) electrons. The quantitative estimate of drug-likeness (QED) is 0.641. The summed E-state index contributed by atoms with van der Waals surface area (Å²) in [6.45, 7) is 0. The van der Waals surface area contributed by atoms with Crippen molar-refractivity contribution >= 4 is 0 Å². The van der Waals surface area contributed by atoms with E-state index in [1.54, 1.807) is 13.2 Å². The lowest BCUT2D eigenvalue weighted by atomic mass is 9.98. The van der Waals surface area contributed by atoms with Gasteiger partial charge in [-0.2, -0.15) is 0 Å². The highest BCUT2D eigenvalue weighted by Gasteiger charge is 2.15. The van der Waals surface area contributed by atoms with Gasteiger partial charge in [0.25, 0.3) is 0 Å². The first-order valence-corrected chi connectivity index (χ1v) is 6.08. The van der Waals surface area contributed by atoms with E-state index in [-0.39, 0.29) is 11.9 Å². The summed E-state index contributed by atoms with van der Waals surface area (Å²) in [5.41, 5.74) is 4.60. The fourth-order valence-corrected chi connectivity index (χ4v) is 2.11. The van der Waals surface area contributed by atoms with Crippen LogP contribution in [0.15, 0.2) is 48.5 Å². The SMILES string of the molecule is COc1ccccc1C(Cc1cccc(F)c1)NN. The Balaban J connectivity index is 2.25. The van der Waals surface area contributed by atoms with Gasteiger partial charge in [-0.15, -0.1) is 0 Å². The summed E-state index contributed by atoms with van der Waals surface area (Å²) in [6.07, 6.45) is 0.592. The van der Waals surface area contributed by atoms with Gasteiger partial charge in [0, 0.05) is 5.56 Å². The second-order valence-electron chi connectivity index (χ2n) is 4.30. The molecule has 0 saturated carbocycles. The number of hydrogen-bond donors (Lipinski definition) is 2. The second kappa shape index (κ2) is 6.31. The fraction of sp³-hybridized carbons (Fsp3) is 0.200. The smallest absolute Gasteiger partial charge is 0.123 e. The van der Waals surface area contributed by atoms with E-state index < -0.39 is 0 Å². The molecule has 2 aromatic carbocycles. The second-order valence-corrected chi connectivity index (χ2v) is 4.30. The molecule has 0 fully saturated rings. The maximum absolute atomic E-state index is 13.2. The lowest BCUT2D eigenvalue weighted by Crippen LogP contribution is -2.29. The van der Waals surface area contributed by atoms with Crippen molar-refractivity contribution in [3.05, 3.63) is 65.5 Å². The summed E-state index contributed by atoms with van der Waals surface area (Å²) in [5.74, 6) is 6.14. The summed E-state index contributed by atoms with van der Waals surface area (Å²) in [6, 6.07) is 14.0. The Bertz CT molecular complexity index is 545. The number of hydrazine groups is 1. The minimum Gasteiger partial charge on any atom is -0.496 e. The third kappa shape index (κ3) is 3.30. The molecular weight excluding hydrogens is 243 g/mol. The van der Waals surface area contributed by atoms with Crippen LogP contribution in [-0.2, 0) is 6.42 Å². The lowest BCUT2D eigenvalue weighted by Gasteiger charge is -2.19. The van der Waals surface area contributed by atoms with E-state index in [9.17, 15) is 4.39 Å². The normalized spacial score (nSPS) is 12.2. The van der Waals surface area contributed by atoms with Gasteiger partial charge in [-0.3, -0.25) is 11.3 Å². The van der Waals surface area contributed by atoms with Crippen LogP contribution < -0.4 is 16.0 Å². The maximum Gasteiger partial charge on any atom is 0.123 e. The van der Waals surface area contributed by atoms with Gasteiger partial charge < -0.3 is 4.74 Å². The number of hydrogen-bond acceptors (Lipinski definition) is 3. The average Bonchev–Trinajstić information content (AvgIpc) is 2.45. The summed E-state index contributed by atoms with van der Waals surface area (Å²) in [7, 11) is 1.62. The Morgan fingerprint density at radius 1 is 1.21 bits per heavy atom. The third-order valence-corrected chi connectivity index (χ3v) is 3.04. The molecule has 1 unspecified atom stereocenters. The van der Waals surface area contributed by atoms with E-state index in [2.05, 4.69) is 5.43 Å². The predicted octanol–water partition coefficient (Wildman–Crippen LogP) is 2.58. The van der Waals surface area contributed by atoms with Crippen LogP contribution in [0.2, 0.25) is 0 Å². The monoisotopic (exact) mass is 260 g/mol. The van der Waals surface area contributed by atoms with Crippen molar-refractivity contribution in [2.45, 2.75) is 12.5 Å². The molecule has 0 aliphatic rings. The van der Waals surface area contributed by atoms with Crippen molar-refractivity contribution < 1.29 is 9.13 Å². The zero-order valence-electron chi connectivity index (χ0n) is 10.8. The Morgan fingerprint density at radius 3 is 2.68 bits per heavy atom. The average molecular weight is 260 g/mol. The van der Waals surface area contributed by atoms with Crippen molar-refractivity contribution in [2.24, 2.45) is 5.84 Å². The van der Waals surface area contributed by atoms with Gasteiger partial charge in [0.1, 0.15) is 11.6 Å². The molecule has 0 aliphatic carbocycles. The Hall–Kier alpha value is -1.91. The zero-order chi connectivity index (χ0) is 13.7. The third-order valence-electron chi connectivity index (χ3n) is 3.04. The van der Waals surface area contributed by atoms with Gasteiger partial charge in [-0.25, -0.2) is 4.39 Å². The molecule has 3 nitrogen and oxygen atoms in total. The van der Waals surface area contributed by atoms with Crippen LogP contribution in [0.5, 0.6) is 5.75 Å². The molecule has 3 N–H and O–H groups in total. The van der Waals surface area contributed by atoms with Crippen LogP contribution >= 0.6 is 0 Å². The van der Waals surface area contributed by atoms with Gasteiger partial charge in [0.05, 0.1) is 13.2 Å². The molecule has 1 atom stereocenters. The molecule has 0 heterocycles. The molecule has 0 aliphatic heterocycles. The summed E-state index contributed by atoms with van der Waals surface area (Å²) >= 11 is 0. The van der Waals surface area contributed by atoms with Gasteiger partial charge in [0.15, 0.2) is 0 Å². The standard InChI is InChI=1S/C15H17FN2O/c1-19-15-8-3-2-7-13(15)14(18-17)10-11-5-4-6-12(16)9-11/h2-9,14,18H,10,17H2,1H3. The van der Waals surface area contributed by atoms with E-state index >= 15 is 0 Å². The van der Waals surface area contributed by atoms with Crippen molar-refractivity contribution in [2.75, 3.05) is 7.11 Å². The number of nitrogens with two attached hydrogens (primary N) is 1. The highest BCUT2D eigenvalue weighted by atomic mass is 19.1. The number of benzene rings is 2. The van der Waals surface area contributed by atoms with E-state index in [0.29, 0.717) is 6.42 Å². The first-order valence-electron chi connectivity index (χ1n) is 6.08. The topological polar surface area (TPSA) is 47.3 Å². The molecule has 2 aromatic rings. The summed E-state index contributed by atoms with van der Waals surface area (Å²) < 4.78 is 18.5. The molecule has 0 amide bonds. The minimum absolute atomic E-state index is 0.127. The van der Waals surface area contributed by atoms with Crippen LogP contribution in [0.1, 0.15) is 17.2 Å². The lowest BCUT2D eigenvalue weighted by molar-refractivity contribution is 0.399. The predicted molar refractivity (Wildman–Crippen MR) is 73.2 cm³/mol. The molecule has 19 heavy (non-hydrogen) atoms. The van der Waals surface area contributed by atoms with Crippen molar-refractivity contribution in [1.82, 2.24) is 5.43 Å². The van der Waals surface area contributed by atoms with Crippen LogP contribution in [0.3, 0.4) is 0 Å². The van der Waals surface area contributed by atoms with Crippen LogP contribution in [0.4, 0.5) is 4.39 Å². The minimum atomic E-state index is -0.242. The Morgan fingerprint density at radius 2 is 2.00 bits per heavy atom. The highest BCUT2D eigenvalue weighted by Crippen LogP contribution is 2.26. The molecule has 0 bridgehead atoms. The van der Waals surface area contributed by atoms with E-state index in [4.69, 9.17) is 10.6 Å². The first-order chi connectivity index (χ1) is 9.24. The van der Waals surface area contributed by atoms with Gasteiger partial charge in [0.2, 0.25) is 0 Å². The Kier molecular flexibility index (Phi) is 4.49. The molecular formula is C15H17FN2O. The van der Waals surface area contributed by atoms with E-state index in [1.807, 2.05) is 30.3 Å². The highest BCUT2D eigenvalue weighted by molar-refractivity contribution is 5.37. The zero-order valence-corrected chi connectivity index (χ0v) is 10.8. The number of halogens is 1. The van der Waals surface area contributed by atoms with Crippen LogP contribution in [0.25, 0.3) is 0 Å². The largest absolute Gasteiger partial charge is 0.496 e. The first kappa shape index (κ1) is 13.5. The van der Waals surface area contributed by atoms with Crippen molar-refractivity contribution in [3.8, 4) is 5.75 Å². The number of rotatable bonds is 5. The van der Waals surface area contributed by atoms with Crippen molar-refractivity contribution in [3.63, 3.8) is 0 Å². The van der Waals surface area contributed by atoms with Crippen LogP contribution in [-0.4, -0.2) is 7.11 Å². The summed E-state index contributed by atoms with van der Waals surface area (Å²) in [5, 5.41) is 0. The van der Waals surface area contributed by atoms with Gasteiger partial charge in [-0.1, -0.05) is 30.3 Å². The van der Waals surface area contributed by atoms with E-state index in [0.717, 1.165) is 16.9 Å². The Labute approximate surface area is 112 Å². The summed E-state index contributed by atoms with van der Waals surface area (Å²) in [4.78, 5) is 0. The number of ether oxygens (including phenoxy) is 1. The van der Waals surface area contributed by atoms with Gasteiger partial charge >= 0.3 is 0 Å².